The fraction of sp³-hybridized carbons (Fsp3) is 0. The van der Waals surface area contributed by atoms with Crippen LogP contribution < -0.4 is 0 Å². The lowest BCUT2D eigenvalue weighted by Crippen LogP contribution is -2.07. The van der Waals surface area contributed by atoms with E-state index in [-0.39, 0.29) is 33.9 Å². The van der Waals surface area contributed by atoms with Crippen LogP contribution in [0.3, 0.4) is 0 Å². The average Bonchev–Trinajstić information content (AvgIpc) is 3.19. The van der Waals surface area contributed by atoms with Crippen LogP contribution >= 0.6 is 0 Å². The maximum atomic E-state index is 11.5. The van der Waals surface area contributed by atoms with Crippen molar-refractivity contribution in [2.45, 2.75) is 0 Å². The number of benzene rings is 1. The highest BCUT2D eigenvalue weighted by molar-refractivity contribution is 6.02. The molecule has 0 saturated heterocycles. The fourth-order valence-corrected chi connectivity index (χ4v) is 2.02. The van der Waals surface area contributed by atoms with E-state index in [2.05, 4.69) is 30.4 Å². The topological polar surface area (TPSA) is 158 Å². The predicted octanol–water partition coefficient (Wildman–Crippen LogP) is 0.653. The molecule has 0 atom stereocenters. The smallest absolute Gasteiger partial charge is 0.336 e. The molecule has 22 heavy (non-hydrogen) atoms. The predicted molar refractivity (Wildman–Crippen MR) is 71.1 cm³/mol. The third kappa shape index (κ3) is 2.18. The minimum Gasteiger partial charge on any atom is -0.478 e. The fourth-order valence-electron chi connectivity index (χ4n) is 2.02. The van der Waals surface area contributed by atoms with Crippen LogP contribution in [0.5, 0.6) is 0 Å². The number of aromatic carboxylic acids is 2. The minimum absolute atomic E-state index is 0.116. The summed E-state index contributed by atoms with van der Waals surface area (Å²) in [5.41, 5.74) is -0.0300. The Kier molecular flexibility index (Phi) is 3.10. The van der Waals surface area contributed by atoms with Gasteiger partial charge in [-0.2, -0.15) is 10.2 Å². The van der Waals surface area contributed by atoms with Gasteiger partial charge in [-0.1, -0.05) is 0 Å². The number of rotatable bonds is 4. The van der Waals surface area contributed by atoms with Crippen LogP contribution in [-0.2, 0) is 0 Å². The first kappa shape index (κ1) is 13.4. The number of hydrogen-bond donors (Lipinski definition) is 4. The van der Waals surface area contributed by atoms with Crippen molar-refractivity contribution in [2.24, 2.45) is 0 Å². The molecule has 10 heteroatoms. The van der Waals surface area contributed by atoms with E-state index < -0.39 is 11.9 Å². The van der Waals surface area contributed by atoms with Crippen LogP contribution in [0.25, 0.3) is 22.8 Å². The Hall–Kier alpha value is -3.56. The monoisotopic (exact) mass is 300 g/mol. The molecule has 110 valence electrons. The number of carboxylic acid groups (broad SMARTS) is 2. The average molecular weight is 300 g/mol. The highest BCUT2D eigenvalue weighted by Gasteiger charge is 2.22. The van der Waals surface area contributed by atoms with Crippen molar-refractivity contribution in [1.29, 1.82) is 0 Å². The van der Waals surface area contributed by atoms with E-state index in [4.69, 9.17) is 0 Å². The van der Waals surface area contributed by atoms with Crippen molar-refractivity contribution < 1.29 is 19.8 Å². The molecule has 2 aromatic heterocycles. The second-order valence-electron chi connectivity index (χ2n) is 4.22. The molecule has 1 aromatic carbocycles. The zero-order chi connectivity index (χ0) is 15.7. The van der Waals surface area contributed by atoms with Gasteiger partial charge >= 0.3 is 11.9 Å². The van der Waals surface area contributed by atoms with Gasteiger partial charge in [-0.15, -0.1) is 0 Å². The largest absolute Gasteiger partial charge is 0.478 e. The van der Waals surface area contributed by atoms with E-state index in [9.17, 15) is 19.8 Å². The van der Waals surface area contributed by atoms with Crippen LogP contribution in [0.15, 0.2) is 24.8 Å². The van der Waals surface area contributed by atoms with Gasteiger partial charge in [0.05, 0.1) is 11.1 Å². The maximum Gasteiger partial charge on any atom is 0.336 e. The summed E-state index contributed by atoms with van der Waals surface area (Å²) in [6.07, 6.45) is 2.40. The lowest BCUT2D eigenvalue weighted by molar-refractivity contribution is 0.0682. The molecular formula is C12H8N6O4. The summed E-state index contributed by atoms with van der Waals surface area (Å²) in [4.78, 5) is 30.7. The van der Waals surface area contributed by atoms with Crippen LogP contribution in [-0.4, -0.2) is 52.5 Å². The number of nitrogens with zero attached hydrogens (tertiary/aromatic N) is 4. The van der Waals surface area contributed by atoms with Gasteiger partial charge in [0.15, 0.2) is 11.6 Å². The molecule has 4 N–H and O–H groups in total. The molecule has 2 heterocycles. The number of aromatic nitrogens is 6. The zero-order valence-corrected chi connectivity index (χ0v) is 10.8. The number of hydrogen-bond acceptors (Lipinski definition) is 6. The molecule has 0 fully saturated rings. The van der Waals surface area contributed by atoms with Gasteiger partial charge in [-0.05, 0) is 12.1 Å². The van der Waals surface area contributed by atoms with Gasteiger partial charge in [0.1, 0.15) is 12.7 Å². The Morgan fingerprint density at radius 2 is 1.23 bits per heavy atom. The first-order valence-corrected chi connectivity index (χ1v) is 5.94. The standard InChI is InChI=1S/C12H8N6O4/c19-11(20)7-1-5(9-13-3-15-17-9)8(12(21)22)2-6(7)10-14-4-16-18-10/h1-4H,(H,19,20)(H,21,22)(H,13,15,17)(H,14,16,18). The Bertz CT molecular complexity index is 769. The summed E-state index contributed by atoms with van der Waals surface area (Å²) < 4.78 is 0. The highest BCUT2D eigenvalue weighted by atomic mass is 16.4. The van der Waals surface area contributed by atoms with E-state index >= 15 is 0 Å². The molecule has 0 radical (unpaired) electrons. The van der Waals surface area contributed by atoms with E-state index in [1.165, 1.54) is 24.8 Å². The summed E-state index contributed by atoms with van der Waals surface area (Å²) in [5.74, 6) is -2.15. The van der Waals surface area contributed by atoms with Crippen molar-refractivity contribution in [1.82, 2.24) is 30.4 Å². The number of carbonyl (C=O) groups is 2. The Morgan fingerprint density at radius 3 is 1.50 bits per heavy atom. The van der Waals surface area contributed by atoms with Crippen molar-refractivity contribution >= 4 is 11.9 Å². The molecule has 0 bridgehead atoms. The minimum atomic E-state index is -1.23. The SMILES string of the molecule is O=C(O)c1cc(-c2ncn[nH]2)c(C(=O)O)cc1-c1ncn[nH]1. The highest BCUT2D eigenvalue weighted by Crippen LogP contribution is 2.29. The summed E-state index contributed by atoms with van der Waals surface area (Å²) >= 11 is 0. The molecule has 0 aliphatic carbocycles. The summed E-state index contributed by atoms with van der Waals surface area (Å²) in [7, 11) is 0. The Labute approximate surface area is 121 Å². The van der Waals surface area contributed by atoms with Gasteiger partial charge in [-0.3, -0.25) is 10.2 Å². The molecule has 0 aliphatic rings. The van der Waals surface area contributed by atoms with E-state index in [0.29, 0.717) is 0 Å². The van der Waals surface area contributed by atoms with Gasteiger partial charge in [-0.25, -0.2) is 19.6 Å². The van der Waals surface area contributed by atoms with Crippen molar-refractivity contribution in [3.8, 4) is 22.8 Å². The van der Waals surface area contributed by atoms with E-state index in [1.807, 2.05) is 0 Å². The quantitative estimate of drug-likeness (QED) is 0.546. The molecule has 0 unspecified atom stereocenters. The van der Waals surface area contributed by atoms with Crippen molar-refractivity contribution in [3.05, 3.63) is 35.9 Å². The first-order chi connectivity index (χ1) is 10.6. The Balaban J connectivity index is 2.31. The number of nitrogens with one attached hydrogen (secondary N) is 2. The van der Waals surface area contributed by atoms with Crippen molar-refractivity contribution in [2.75, 3.05) is 0 Å². The molecule has 0 saturated carbocycles. The zero-order valence-electron chi connectivity index (χ0n) is 10.8. The molecule has 0 aliphatic heterocycles. The van der Waals surface area contributed by atoms with Crippen molar-refractivity contribution in [3.63, 3.8) is 0 Å². The number of aromatic amines is 2. The normalized spacial score (nSPS) is 10.5. The molecule has 0 spiro atoms. The molecule has 3 rings (SSSR count). The third-order valence-electron chi connectivity index (χ3n) is 2.96. The lowest BCUT2D eigenvalue weighted by atomic mass is 9.97. The van der Waals surface area contributed by atoms with Gasteiger partial charge < -0.3 is 10.2 Å². The van der Waals surface area contributed by atoms with Crippen LogP contribution in [0.4, 0.5) is 0 Å². The Morgan fingerprint density at radius 1 is 0.818 bits per heavy atom. The van der Waals surface area contributed by atoms with Gasteiger partial charge in [0.2, 0.25) is 0 Å². The van der Waals surface area contributed by atoms with Crippen LogP contribution in [0.1, 0.15) is 20.7 Å². The number of carboxylic acids is 2. The molecular weight excluding hydrogens is 292 g/mol. The molecule has 10 nitrogen and oxygen atoms in total. The maximum absolute atomic E-state index is 11.5. The second-order valence-corrected chi connectivity index (χ2v) is 4.22. The third-order valence-corrected chi connectivity index (χ3v) is 2.96. The first-order valence-electron chi connectivity index (χ1n) is 5.94. The van der Waals surface area contributed by atoms with Crippen LogP contribution in [0, 0.1) is 0 Å². The van der Waals surface area contributed by atoms with E-state index in [0.717, 1.165) is 0 Å². The second kappa shape index (κ2) is 5.09. The van der Waals surface area contributed by atoms with Crippen LogP contribution in [0.2, 0.25) is 0 Å². The molecule has 3 aromatic rings. The van der Waals surface area contributed by atoms with Gasteiger partial charge in [0.25, 0.3) is 0 Å². The number of H-pyrrole nitrogens is 2. The van der Waals surface area contributed by atoms with Gasteiger partial charge in [0, 0.05) is 11.1 Å². The van der Waals surface area contributed by atoms with E-state index in [1.54, 1.807) is 0 Å². The summed E-state index contributed by atoms with van der Waals surface area (Å²) in [6.45, 7) is 0. The summed E-state index contributed by atoms with van der Waals surface area (Å²) in [6, 6.07) is 2.42. The molecule has 0 amide bonds. The lowest BCUT2D eigenvalue weighted by Gasteiger charge is -2.09. The summed E-state index contributed by atoms with van der Waals surface area (Å²) in [5, 5.41) is 31.0.